The molecule has 4 rings (SSSR count). The van der Waals surface area contributed by atoms with Gasteiger partial charge in [-0.25, -0.2) is 13.9 Å². The van der Waals surface area contributed by atoms with E-state index in [1.807, 2.05) is 0 Å². The number of aliphatic hydroxyl groups excluding tert-OH is 1. The molecule has 1 aliphatic heterocycles. The maximum atomic E-state index is 15.1. The Morgan fingerprint density at radius 1 is 1.26 bits per heavy atom. The van der Waals surface area contributed by atoms with Gasteiger partial charge in [0.05, 0.1) is 25.8 Å². The van der Waals surface area contributed by atoms with Crippen LogP contribution in [0.5, 0.6) is 0 Å². The van der Waals surface area contributed by atoms with Crippen LogP contribution in [0.1, 0.15) is 29.8 Å². The van der Waals surface area contributed by atoms with E-state index in [1.54, 1.807) is 0 Å². The van der Waals surface area contributed by atoms with Gasteiger partial charge in [-0.3, -0.25) is 4.79 Å². The quantitative estimate of drug-likeness (QED) is 0.486. The van der Waals surface area contributed by atoms with Crippen LogP contribution in [0.2, 0.25) is 0 Å². The molecule has 0 fully saturated rings. The Morgan fingerprint density at radius 2 is 2.00 bits per heavy atom. The number of nitrogens with zero attached hydrogens (tertiary/aromatic N) is 3. The van der Waals surface area contributed by atoms with E-state index < -0.39 is 29.6 Å². The van der Waals surface area contributed by atoms with Gasteiger partial charge in [-0.15, -0.1) is 0 Å². The van der Waals surface area contributed by atoms with Gasteiger partial charge in [0.15, 0.2) is 11.5 Å². The zero-order valence-corrected chi connectivity index (χ0v) is 18.2. The Balaban J connectivity index is 1.68. The van der Waals surface area contributed by atoms with Gasteiger partial charge in [-0.2, -0.15) is 18.3 Å². The number of carbonyl (C=O) groups excluding carboxylic acids is 2. The van der Waals surface area contributed by atoms with Crippen LogP contribution in [0.15, 0.2) is 29.5 Å². The molecule has 1 aromatic heterocycles. The highest BCUT2D eigenvalue weighted by molar-refractivity contribution is 6.08. The van der Waals surface area contributed by atoms with Crippen LogP contribution < -0.4 is 5.32 Å². The highest BCUT2D eigenvalue weighted by Crippen LogP contribution is 2.37. The van der Waals surface area contributed by atoms with Gasteiger partial charge < -0.3 is 20.1 Å². The SMILES string of the molecule is COC(=O)C1=C(Nc2ccc(-n3nc(C(F)(F)F)c4c3CCCC4)c(F)c2)C(=O)N(CCO)C1. The smallest absolute Gasteiger partial charge is 0.435 e. The van der Waals surface area contributed by atoms with Crippen molar-refractivity contribution in [3.8, 4) is 5.69 Å². The van der Waals surface area contributed by atoms with Gasteiger partial charge in [0, 0.05) is 23.5 Å². The minimum atomic E-state index is -4.65. The molecule has 1 aromatic carbocycles. The molecule has 0 bridgehead atoms. The Labute approximate surface area is 191 Å². The van der Waals surface area contributed by atoms with Gasteiger partial charge in [-0.1, -0.05) is 0 Å². The molecule has 2 heterocycles. The number of β-amino-alcohol motifs (C(OH)–C–C–N with tert-alkyl or cyclic N) is 1. The first-order valence-corrected chi connectivity index (χ1v) is 10.6. The Bertz CT molecular complexity index is 1170. The summed E-state index contributed by atoms with van der Waals surface area (Å²) in [5.41, 5.74) is -0.731. The largest absolute Gasteiger partial charge is 0.466 e. The molecule has 8 nitrogen and oxygen atoms in total. The van der Waals surface area contributed by atoms with E-state index in [4.69, 9.17) is 9.84 Å². The first kappa shape index (κ1) is 23.7. The molecule has 0 saturated carbocycles. The van der Waals surface area contributed by atoms with Gasteiger partial charge in [0.2, 0.25) is 0 Å². The molecule has 0 unspecified atom stereocenters. The lowest BCUT2D eigenvalue weighted by Crippen LogP contribution is -2.31. The van der Waals surface area contributed by atoms with E-state index >= 15 is 4.39 Å². The van der Waals surface area contributed by atoms with Crippen LogP contribution in [-0.2, 0) is 33.3 Å². The normalized spacial score (nSPS) is 16.2. The minimum absolute atomic E-state index is 0.0102. The first-order valence-electron chi connectivity index (χ1n) is 10.6. The molecule has 1 aliphatic carbocycles. The monoisotopic (exact) mass is 482 g/mol. The molecular weight excluding hydrogens is 460 g/mol. The van der Waals surface area contributed by atoms with Crippen LogP contribution in [0.25, 0.3) is 5.69 Å². The summed E-state index contributed by atoms with van der Waals surface area (Å²) in [4.78, 5) is 26.0. The van der Waals surface area contributed by atoms with Crippen molar-refractivity contribution in [3.05, 3.63) is 52.2 Å². The Morgan fingerprint density at radius 3 is 2.65 bits per heavy atom. The van der Waals surface area contributed by atoms with Crippen molar-refractivity contribution in [2.45, 2.75) is 31.9 Å². The summed E-state index contributed by atoms with van der Waals surface area (Å²) in [6, 6.07) is 3.67. The number of methoxy groups -OCH3 is 1. The molecule has 0 radical (unpaired) electrons. The van der Waals surface area contributed by atoms with Gasteiger partial charge in [0.1, 0.15) is 11.4 Å². The number of alkyl halides is 3. The van der Waals surface area contributed by atoms with E-state index in [-0.39, 0.29) is 54.3 Å². The fourth-order valence-corrected chi connectivity index (χ4v) is 4.28. The van der Waals surface area contributed by atoms with Crippen molar-refractivity contribution in [1.29, 1.82) is 0 Å². The number of fused-ring (bicyclic) bond motifs is 1. The topological polar surface area (TPSA) is 96.7 Å². The van der Waals surface area contributed by atoms with Crippen LogP contribution in [0.4, 0.5) is 23.2 Å². The van der Waals surface area contributed by atoms with Gasteiger partial charge in [0.25, 0.3) is 5.91 Å². The second-order valence-electron chi connectivity index (χ2n) is 7.98. The number of carbonyl (C=O) groups is 2. The van der Waals surface area contributed by atoms with Crippen LogP contribution in [-0.4, -0.2) is 58.5 Å². The van der Waals surface area contributed by atoms with Crippen LogP contribution >= 0.6 is 0 Å². The van der Waals surface area contributed by atoms with Crippen molar-refractivity contribution in [2.75, 3.05) is 32.1 Å². The highest BCUT2D eigenvalue weighted by Gasteiger charge is 2.40. The maximum Gasteiger partial charge on any atom is 0.435 e. The Kier molecular flexibility index (Phi) is 6.34. The number of hydrogen-bond donors (Lipinski definition) is 2. The number of aromatic nitrogens is 2. The van der Waals surface area contributed by atoms with Crippen molar-refractivity contribution >= 4 is 17.6 Å². The first-order chi connectivity index (χ1) is 16.2. The predicted molar refractivity (Wildman–Crippen MR) is 111 cm³/mol. The average Bonchev–Trinajstić information content (AvgIpc) is 3.33. The number of benzene rings is 1. The molecule has 1 amide bonds. The minimum Gasteiger partial charge on any atom is -0.466 e. The summed E-state index contributed by atoms with van der Waals surface area (Å²) in [6.45, 7) is -0.413. The molecular formula is C22H22F4N4O4. The molecule has 182 valence electrons. The number of ether oxygens (including phenoxy) is 1. The number of anilines is 1. The summed E-state index contributed by atoms with van der Waals surface area (Å²) in [7, 11) is 1.15. The average molecular weight is 482 g/mol. The van der Waals surface area contributed by atoms with Gasteiger partial charge >= 0.3 is 12.1 Å². The molecule has 0 spiro atoms. The Hall–Kier alpha value is -3.41. The fourth-order valence-electron chi connectivity index (χ4n) is 4.28. The number of amides is 1. The molecule has 12 heteroatoms. The number of esters is 1. The highest BCUT2D eigenvalue weighted by atomic mass is 19.4. The number of hydrogen-bond acceptors (Lipinski definition) is 6. The van der Waals surface area contributed by atoms with E-state index in [9.17, 15) is 22.8 Å². The number of halogens is 4. The van der Waals surface area contributed by atoms with Crippen molar-refractivity contribution in [2.24, 2.45) is 0 Å². The zero-order chi connectivity index (χ0) is 24.6. The predicted octanol–water partition coefficient (Wildman–Crippen LogP) is 2.58. The molecule has 2 aliphatic rings. The molecule has 0 saturated heterocycles. The lowest BCUT2D eigenvalue weighted by atomic mass is 9.95. The van der Waals surface area contributed by atoms with Crippen molar-refractivity contribution in [1.82, 2.24) is 14.7 Å². The van der Waals surface area contributed by atoms with E-state index in [0.29, 0.717) is 25.0 Å². The molecule has 2 aromatic rings. The van der Waals surface area contributed by atoms with Crippen molar-refractivity contribution in [3.63, 3.8) is 0 Å². The van der Waals surface area contributed by atoms with Crippen LogP contribution in [0, 0.1) is 5.82 Å². The maximum absolute atomic E-state index is 15.1. The summed E-state index contributed by atoms with van der Waals surface area (Å²) in [5, 5.41) is 15.5. The van der Waals surface area contributed by atoms with Gasteiger partial charge in [-0.05, 0) is 43.9 Å². The number of aliphatic hydroxyl groups is 1. The van der Waals surface area contributed by atoms with E-state index in [1.165, 1.54) is 17.0 Å². The zero-order valence-electron chi connectivity index (χ0n) is 18.2. The molecule has 2 N–H and O–H groups in total. The summed E-state index contributed by atoms with van der Waals surface area (Å²) >= 11 is 0. The summed E-state index contributed by atoms with van der Waals surface area (Å²) in [6.07, 6.45) is -2.80. The van der Waals surface area contributed by atoms with E-state index in [0.717, 1.165) is 17.9 Å². The second kappa shape index (κ2) is 9.09. The summed E-state index contributed by atoms with van der Waals surface area (Å²) < 4.78 is 61.2. The summed E-state index contributed by atoms with van der Waals surface area (Å²) in [5.74, 6) is -2.18. The van der Waals surface area contributed by atoms with Crippen molar-refractivity contribution < 1.29 is 37.0 Å². The third-order valence-corrected chi connectivity index (χ3v) is 5.85. The van der Waals surface area contributed by atoms with Crippen LogP contribution in [0.3, 0.4) is 0 Å². The third-order valence-electron chi connectivity index (χ3n) is 5.85. The molecule has 34 heavy (non-hydrogen) atoms. The number of rotatable bonds is 6. The standard InChI is InChI=1S/C22H22F4N4O4/c1-34-21(33)14-11-29(8-9-31)20(32)18(14)27-12-6-7-17(15(23)10-12)30-16-5-3-2-4-13(16)19(28-30)22(24,25)26/h6-7,10,27,31H,2-5,8-9,11H2,1H3. The third kappa shape index (κ3) is 4.25. The molecule has 0 atom stereocenters. The second-order valence-corrected chi connectivity index (χ2v) is 7.98. The fraction of sp³-hybridized carbons (Fsp3) is 0.409. The lowest BCUT2D eigenvalue weighted by molar-refractivity contribution is -0.142. The lowest BCUT2D eigenvalue weighted by Gasteiger charge is -2.16. The van der Waals surface area contributed by atoms with E-state index in [2.05, 4.69) is 10.4 Å². The number of nitrogens with one attached hydrogen (secondary N) is 1.